The quantitative estimate of drug-likeness (QED) is 0.110. The van der Waals surface area contributed by atoms with Crippen LogP contribution >= 0.6 is 0 Å². The molecule has 0 amide bonds. The number of hydrogen-bond donors (Lipinski definition) is 0. The predicted molar refractivity (Wildman–Crippen MR) is 517 cm³/mol. The maximum absolute atomic E-state index is 5.32. The summed E-state index contributed by atoms with van der Waals surface area (Å²) in [5.41, 5.74) is 27.1. The Labute approximate surface area is 727 Å². The molecule has 9 aromatic heterocycles. The van der Waals surface area contributed by atoms with Crippen LogP contribution in [-0.4, -0.2) is 58.1 Å². The first-order chi connectivity index (χ1) is 62.1. The van der Waals surface area contributed by atoms with E-state index in [0.717, 1.165) is 152 Å². The van der Waals surface area contributed by atoms with Crippen LogP contribution in [0.5, 0.6) is 0 Å². The van der Waals surface area contributed by atoms with Crippen molar-refractivity contribution >= 4 is 81.6 Å². The summed E-state index contributed by atoms with van der Waals surface area (Å²) in [6.07, 6.45) is 6.16. The molecule has 12 nitrogen and oxygen atoms in total. The molecular weight excluding hydrogens is 1540 g/mol. The van der Waals surface area contributed by atoms with Crippen molar-refractivity contribution in [2.45, 2.75) is 20.8 Å². The van der Waals surface area contributed by atoms with Gasteiger partial charge in [-0.15, -0.1) is 0 Å². The van der Waals surface area contributed by atoms with Crippen molar-refractivity contribution in [3.8, 4) is 135 Å². The molecule has 0 saturated carbocycles. The summed E-state index contributed by atoms with van der Waals surface area (Å²) in [5.74, 6) is 2.09. The van der Waals surface area contributed by atoms with E-state index in [-0.39, 0.29) is 0 Å². The van der Waals surface area contributed by atoms with Gasteiger partial charge in [0.25, 0.3) is 0 Å². The number of pyridine rings is 3. The van der Waals surface area contributed by atoms with E-state index in [9.17, 15) is 0 Å². The molecule has 0 aliphatic heterocycles. The number of aryl methyl sites for hydroxylation is 3. The SMILES string of the molecule is Cc1c(-c2ccc(-c3nc(-c4cc5ccccc5c5ccccc45)cc(-c4cc5ccccc5c5ccccc45)n3)cc2)nc2ccccn12.Cc1c(-c2ccc(-c3nc(-c4ccc5ccccc5c4)cc(-c4ccc5ccccc5c4)n3)cc2)nc2ccccn12.Cc1c(-c2ccc(-c3nc(-c4ccccc4)cc(-c4ccccc4)n3)cc2)nc2ccccn12. The summed E-state index contributed by atoms with van der Waals surface area (Å²) in [5, 5.41) is 14.4. The van der Waals surface area contributed by atoms with Crippen LogP contribution in [-0.2, 0) is 0 Å². The molecule has 0 saturated heterocycles. The molecule has 0 unspecified atom stereocenters. The third-order valence-corrected chi connectivity index (χ3v) is 24.1. The topological polar surface area (TPSA) is 129 Å². The van der Waals surface area contributed by atoms with Gasteiger partial charge in [-0.3, -0.25) is 0 Å². The molecule has 0 fully saturated rings. The molecule has 9 heterocycles. The molecule has 0 aliphatic carbocycles. The second kappa shape index (κ2) is 32.3. The standard InChI is InChI=1S/C46H30N4.C38H26N4.C30H22N4/c1-29-45(49-44-20-10-11-25-50(29)44)30-21-23-31(24-22-30)46-47-42(40-26-32-12-2-4-14-34(32)36-16-6-8-18-38(36)40)28-43(48-46)41-27-33-13-3-5-15-35(33)37-17-7-9-19-39(37)41;1-25-37(41-36-12-6-7-21-42(25)36)28-15-17-29(18-16-28)38-39-34(32-19-13-26-8-2-4-10-30(26)22-32)24-35(40-38)33-20-14-27-9-3-5-11-31(27)23-33;1-21-29(33-28-14-8-9-19-34(21)28)24-15-17-25(18-16-24)30-31-26(22-10-4-2-5-11-22)20-27(32-30)23-12-6-3-7-13-23/h2-28H,1H3;2-24H,1H3;2-20H,1H3. The highest BCUT2D eigenvalue weighted by Gasteiger charge is 2.22. The van der Waals surface area contributed by atoms with Crippen LogP contribution in [0.25, 0.3) is 217 Å². The van der Waals surface area contributed by atoms with Crippen molar-refractivity contribution in [2.75, 3.05) is 0 Å². The maximum atomic E-state index is 5.32. The predicted octanol–water partition coefficient (Wildman–Crippen LogP) is 28.2. The van der Waals surface area contributed by atoms with E-state index in [1.807, 2.05) is 97.2 Å². The Bertz CT molecular complexity index is 8010. The van der Waals surface area contributed by atoms with Gasteiger partial charge in [0.1, 0.15) is 16.9 Å². The van der Waals surface area contributed by atoms with E-state index in [1.54, 1.807) is 0 Å². The van der Waals surface area contributed by atoms with Crippen LogP contribution in [0, 0.1) is 20.8 Å². The highest BCUT2D eigenvalue weighted by Crippen LogP contribution is 2.42. The van der Waals surface area contributed by atoms with E-state index < -0.39 is 0 Å². The van der Waals surface area contributed by atoms with Gasteiger partial charge in [-0.25, -0.2) is 44.9 Å². The van der Waals surface area contributed by atoms with Gasteiger partial charge in [0.05, 0.1) is 51.2 Å². The number of hydrogen-bond acceptors (Lipinski definition) is 9. The molecule has 594 valence electrons. The Hall–Kier alpha value is -16.8. The lowest BCUT2D eigenvalue weighted by atomic mass is 9.93. The summed E-state index contributed by atoms with van der Waals surface area (Å²) in [7, 11) is 0. The largest absolute Gasteiger partial charge is 0.304 e. The van der Waals surface area contributed by atoms with E-state index in [2.05, 4.69) is 356 Å². The van der Waals surface area contributed by atoms with Crippen molar-refractivity contribution < 1.29 is 0 Å². The average Bonchev–Trinajstić information content (AvgIpc) is 0.957. The van der Waals surface area contributed by atoms with Crippen molar-refractivity contribution in [2.24, 2.45) is 0 Å². The summed E-state index contributed by atoms with van der Waals surface area (Å²) in [4.78, 5) is 45.3. The fourth-order valence-corrected chi connectivity index (χ4v) is 17.6. The fourth-order valence-electron chi connectivity index (χ4n) is 17.6. The summed E-state index contributed by atoms with van der Waals surface area (Å²) >= 11 is 0. The highest BCUT2D eigenvalue weighted by molar-refractivity contribution is 6.15. The molecule has 0 radical (unpaired) electrons. The molecule has 0 bridgehead atoms. The van der Waals surface area contributed by atoms with Crippen LogP contribution in [0.3, 0.4) is 0 Å². The molecular formula is C114H78N12. The molecule has 0 atom stereocenters. The smallest absolute Gasteiger partial charge is 0.160 e. The number of imidazole rings is 3. The molecule has 15 aromatic carbocycles. The minimum Gasteiger partial charge on any atom is -0.304 e. The van der Waals surface area contributed by atoms with Gasteiger partial charge in [0.2, 0.25) is 0 Å². The minimum absolute atomic E-state index is 0.685. The van der Waals surface area contributed by atoms with Crippen molar-refractivity contribution in [1.29, 1.82) is 0 Å². The summed E-state index contributed by atoms with van der Waals surface area (Å²) in [6.45, 7) is 6.32. The van der Waals surface area contributed by atoms with Crippen molar-refractivity contribution in [1.82, 2.24) is 58.1 Å². The van der Waals surface area contributed by atoms with Gasteiger partial charge in [-0.05, 0) is 164 Å². The zero-order valence-electron chi connectivity index (χ0n) is 69.2. The third kappa shape index (κ3) is 14.3. The van der Waals surface area contributed by atoms with Crippen LogP contribution in [0.15, 0.2) is 419 Å². The van der Waals surface area contributed by atoms with Crippen molar-refractivity contribution in [3.63, 3.8) is 0 Å². The van der Waals surface area contributed by atoms with E-state index >= 15 is 0 Å². The molecule has 126 heavy (non-hydrogen) atoms. The van der Waals surface area contributed by atoms with Gasteiger partial charge < -0.3 is 13.2 Å². The van der Waals surface area contributed by atoms with Gasteiger partial charge in [-0.2, -0.15) is 0 Å². The molecule has 0 spiro atoms. The first kappa shape index (κ1) is 75.4. The lowest BCUT2D eigenvalue weighted by Gasteiger charge is -2.15. The van der Waals surface area contributed by atoms with Crippen LogP contribution in [0.2, 0.25) is 0 Å². The monoisotopic (exact) mass is 1610 g/mol. The molecule has 24 aromatic rings. The van der Waals surface area contributed by atoms with E-state index in [0.29, 0.717) is 17.5 Å². The Morgan fingerprint density at radius 1 is 0.167 bits per heavy atom. The molecule has 0 aliphatic rings. The van der Waals surface area contributed by atoms with Gasteiger partial charge in [-0.1, -0.05) is 322 Å². The Kier molecular flexibility index (Phi) is 19.3. The Balaban J connectivity index is 0.000000114. The third-order valence-electron chi connectivity index (χ3n) is 24.1. The zero-order chi connectivity index (χ0) is 84.1. The van der Waals surface area contributed by atoms with E-state index in [4.69, 9.17) is 44.9 Å². The van der Waals surface area contributed by atoms with Crippen LogP contribution in [0.4, 0.5) is 0 Å². The molecule has 0 N–H and O–H groups in total. The molecule has 12 heteroatoms. The second-order valence-electron chi connectivity index (χ2n) is 31.8. The number of nitrogens with zero attached hydrogens (tertiary/aromatic N) is 12. The normalized spacial score (nSPS) is 11.5. The summed E-state index contributed by atoms with van der Waals surface area (Å²) in [6, 6.07) is 139. The minimum atomic E-state index is 0.685. The zero-order valence-corrected chi connectivity index (χ0v) is 69.2. The van der Waals surface area contributed by atoms with Crippen LogP contribution < -0.4 is 0 Å². The van der Waals surface area contributed by atoms with Crippen LogP contribution in [0.1, 0.15) is 17.1 Å². The van der Waals surface area contributed by atoms with Gasteiger partial charge in [0.15, 0.2) is 17.5 Å². The highest BCUT2D eigenvalue weighted by atomic mass is 15.0. The maximum Gasteiger partial charge on any atom is 0.160 e. The number of benzene rings is 15. The first-order valence-electron chi connectivity index (χ1n) is 42.4. The average molecular weight is 1620 g/mol. The number of rotatable bonds is 12. The Morgan fingerprint density at radius 2 is 0.429 bits per heavy atom. The van der Waals surface area contributed by atoms with Crippen molar-refractivity contribution in [3.05, 3.63) is 436 Å². The number of fused-ring (bicyclic) bond motifs is 11. The lowest BCUT2D eigenvalue weighted by molar-refractivity contribution is 1.11. The fraction of sp³-hybridized carbons (Fsp3) is 0.0263. The summed E-state index contributed by atoms with van der Waals surface area (Å²) < 4.78 is 6.36. The second-order valence-corrected chi connectivity index (χ2v) is 31.8. The van der Waals surface area contributed by atoms with Gasteiger partial charge in [0, 0.05) is 102 Å². The Morgan fingerprint density at radius 3 is 0.778 bits per heavy atom. The first-order valence-corrected chi connectivity index (χ1v) is 42.4. The molecule has 24 rings (SSSR count). The van der Waals surface area contributed by atoms with Gasteiger partial charge >= 0.3 is 0 Å². The lowest BCUT2D eigenvalue weighted by Crippen LogP contribution is -1.97. The number of aromatic nitrogens is 12. The van der Waals surface area contributed by atoms with E-state index in [1.165, 1.54) is 64.6 Å².